The molecule has 0 bridgehead atoms. The molecule has 2 aromatic rings. The van der Waals surface area contributed by atoms with Crippen molar-refractivity contribution in [2.45, 2.75) is 45.7 Å². The number of nitrogens with zero attached hydrogens (tertiary/aromatic N) is 5. The van der Waals surface area contributed by atoms with Crippen molar-refractivity contribution in [1.82, 2.24) is 24.6 Å². The van der Waals surface area contributed by atoms with Crippen molar-refractivity contribution in [3.8, 4) is 0 Å². The molecule has 1 fully saturated rings. The molecule has 2 aromatic heterocycles. The number of amides is 1. The van der Waals surface area contributed by atoms with Crippen LogP contribution in [0.5, 0.6) is 0 Å². The van der Waals surface area contributed by atoms with Crippen LogP contribution in [0, 0.1) is 19.7 Å². The molecule has 134 valence electrons. The number of likely N-dealkylation sites (N-methyl/N-ethyl adjacent to an activating group) is 1. The average molecular weight is 346 g/mol. The Morgan fingerprint density at radius 1 is 1.32 bits per heavy atom. The zero-order valence-electron chi connectivity index (χ0n) is 15.2. The van der Waals surface area contributed by atoms with E-state index in [2.05, 4.69) is 20.4 Å². The number of hydrogen-bond donors (Lipinski definition) is 1. The number of rotatable bonds is 4. The molecular formula is C17H23FN6O. The molecule has 3 heterocycles. The Bertz CT molecular complexity index is 818. The summed E-state index contributed by atoms with van der Waals surface area (Å²) in [5.74, 6) is -0.301. The molecule has 2 atom stereocenters. The van der Waals surface area contributed by atoms with E-state index in [9.17, 15) is 9.18 Å². The van der Waals surface area contributed by atoms with Gasteiger partial charge in [0.25, 0.3) is 0 Å². The van der Waals surface area contributed by atoms with Crippen LogP contribution in [0.1, 0.15) is 42.0 Å². The van der Waals surface area contributed by atoms with Crippen molar-refractivity contribution in [3.05, 3.63) is 34.8 Å². The Morgan fingerprint density at radius 2 is 2.04 bits per heavy atom. The zero-order valence-corrected chi connectivity index (χ0v) is 15.2. The van der Waals surface area contributed by atoms with Crippen molar-refractivity contribution in [1.29, 1.82) is 0 Å². The first kappa shape index (κ1) is 17.3. The summed E-state index contributed by atoms with van der Waals surface area (Å²) in [6, 6.07) is -0.506. The van der Waals surface area contributed by atoms with Gasteiger partial charge in [-0.15, -0.1) is 0 Å². The predicted molar refractivity (Wildman–Crippen MR) is 91.6 cm³/mol. The number of likely N-dealkylation sites (tertiary alicyclic amines) is 1. The molecule has 1 N–H and O–H groups in total. The first-order chi connectivity index (χ1) is 11.8. The maximum absolute atomic E-state index is 14.5. The fraction of sp³-hybridized carbons (Fsp3) is 0.529. The van der Waals surface area contributed by atoms with Crippen molar-refractivity contribution in [2.75, 3.05) is 12.4 Å². The highest BCUT2D eigenvalue weighted by Crippen LogP contribution is 2.37. The molecule has 0 aliphatic carbocycles. The number of aryl methyl sites for hydroxylation is 3. The molecule has 1 aliphatic heterocycles. The van der Waals surface area contributed by atoms with E-state index in [1.807, 2.05) is 27.8 Å². The maximum Gasteiger partial charge on any atom is 0.225 e. The van der Waals surface area contributed by atoms with Gasteiger partial charge in [-0.25, -0.2) is 14.4 Å². The minimum Gasteiger partial charge on any atom is -0.362 e. The van der Waals surface area contributed by atoms with Gasteiger partial charge in [0.15, 0.2) is 11.6 Å². The lowest BCUT2D eigenvalue weighted by atomic mass is 9.98. The highest BCUT2D eigenvalue weighted by atomic mass is 19.1. The summed E-state index contributed by atoms with van der Waals surface area (Å²) in [5, 5.41) is 7.58. The van der Waals surface area contributed by atoms with Gasteiger partial charge >= 0.3 is 0 Å². The first-order valence-corrected chi connectivity index (χ1v) is 8.36. The van der Waals surface area contributed by atoms with Crippen LogP contribution in [-0.4, -0.2) is 43.6 Å². The molecule has 0 spiro atoms. The number of halogens is 1. The van der Waals surface area contributed by atoms with Crippen LogP contribution in [0.4, 0.5) is 10.2 Å². The Hall–Kier alpha value is -2.51. The second kappa shape index (κ2) is 6.42. The number of carbonyl (C=O) groups excluding carboxylic acids is 1. The van der Waals surface area contributed by atoms with E-state index >= 15 is 0 Å². The molecule has 0 aromatic carbocycles. The quantitative estimate of drug-likeness (QED) is 0.915. The summed E-state index contributed by atoms with van der Waals surface area (Å²) >= 11 is 0. The number of carbonyl (C=O) groups is 1. The van der Waals surface area contributed by atoms with Crippen LogP contribution >= 0.6 is 0 Å². The standard InChI is InChI=1S/C17H23FN6O/c1-6-11-15(18)17(20-8-19-11)21-12-7-13(25)23(4)16(12)14-9(2)22-24(5)10(14)3/h8,12,16H,6-7H2,1-5H3,(H,19,20,21)/t12-,16-/m1/s1. The lowest BCUT2D eigenvalue weighted by Gasteiger charge is -2.26. The van der Waals surface area contributed by atoms with E-state index in [-0.39, 0.29) is 30.2 Å². The normalized spacial score (nSPS) is 20.4. The highest BCUT2D eigenvalue weighted by molar-refractivity contribution is 5.81. The van der Waals surface area contributed by atoms with Crippen molar-refractivity contribution in [3.63, 3.8) is 0 Å². The van der Waals surface area contributed by atoms with Gasteiger partial charge in [0.2, 0.25) is 5.91 Å². The van der Waals surface area contributed by atoms with Gasteiger partial charge in [-0.1, -0.05) is 6.92 Å². The summed E-state index contributed by atoms with van der Waals surface area (Å²) in [5.41, 5.74) is 3.23. The lowest BCUT2D eigenvalue weighted by Crippen LogP contribution is -2.31. The maximum atomic E-state index is 14.5. The van der Waals surface area contributed by atoms with Gasteiger partial charge in [-0.3, -0.25) is 9.48 Å². The molecule has 0 saturated carbocycles. The fourth-order valence-electron chi connectivity index (χ4n) is 3.54. The van der Waals surface area contributed by atoms with Crippen molar-refractivity contribution >= 4 is 11.7 Å². The minimum atomic E-state index is -0.453. The Morgan fingerprint density at radius 3 is 2.64 bits per heavy atom. The molecule has 0 unspecified atom stereocenters. The van der Waals surface area contributed by atoms with Crippen molar-refractivity contribution < 1.29 is 9.18 Å². The molecular weight excluding hydrogens is 323 g/mol. The number of nitrogens with one attached hydrogen (secondary N) is 1. The lowest BCUT2D eigenvalue weighted by molar-refractivity contribution is -0.127. The van der Waals surface area contributed by atoms with Crippen LogP contribution < -0.4 is 5.32 Å². The third kappa shape index (κ3) is 2.85. The Kier molecular flexibility index (Phi) is 4.45. The molecule has 8 heteroatoms. The van der Waals surface area contributed by atoms with Gasteiger partial charge < -0.3 is 10.2 Å². The number of aromatic nitrogens is 4. The van der Waals surface area contributed by atoms with E-state index in [4.69, 9.17) is 0 Å². The highest BCUT2D eigenvalue weighted by Gasteiger charge is 2.41. The topological polar surface area (TPSA) is 75.9 Å². The molecule has 7 nitrogen and oxygen atoms in total. The summed E-state index contributed by atoms with van der Waals surface area (Å²) < 4.78 is 16.3. The third-order valence-electron chi connectivity index (χ3n) is 4.97. The monoisotopic (exact) mass is 346 g/mol. The van der Waals surface area contributed by atoms with E-state index in [1.165, 1.54) is 6.33 Å². The molecule has 1 saturated heterocycles. The van der Waals surface area contributed by atoms with Gasteiger partial charge in [0, 0.05) is 31.8 Å². The van der Waals surface area contributed by atoms with Crippen LogP contribution in [0.15, 0.2) is 6.33 Å². The SMILES string of the molecule is CCc1ncnc(N[C@@H]2CC(=O)N(C)[C@H]2c2c(C)nn(C)c2C)c1F. The van der Waals surface area contributed by atoms with E-state index in [0.717, 1.165) is 17.0 Å². The van der Waals surface area contributed by atoms with Crippen LogP contribution in [0.3, 0.4) is 0 Å². The van der Waals surface area contributed by atoms with Crippen LogP contribution in [-0.2, 0) is 18.3 Å². The fourth-order valence-corrected chi connectivity index (χ4v) is 3.54. The predicted octanol–water partition coefficient (Wildman–Crippen LogP) is 1.91. The Labute approximate surface area is 146 Å². The number of anilines is 1. The molecule has 3 rings (SSSR count). The summed E-state index contributed by atoms with van der Waals surface area (Å²) in [4.78, 5) is 22.0. The zero-order chi connectivity index (χ0) is 18.3. The van der Waals surface area contributed by atoms with Gasteiger partial charge in [0.05, 0.1) is 23.5 Å². The van der Waals surface area contributed by atoms with E-state index in [0.29, 0.717) is 12.1 Å². The summed E-state index contributed by atoms with van der Waals surface area (Å²) in [6.45, 7) is 5.74. The van der Waals surface area contributed by atoms with Crippen LogP contribution in [0.2, 0.25) is 0 Å². The number of hydrogen-bond acceptors (Lipinski definition) is 5. The van der Waals surface area contributed by atoms with E-state index < -0.39 is 5.82 Å². The largest absolute Gasteiger partial charge is 0.362 e. The van der Waals surface area contributed by atoms with Gasteiger partial charge in [-0.2, -0.15) is 5.10 Å². The molecule has 0 radical (unpaired) electrons. The smallest absolute Gasteiger partial charge is 0.225 e. The second-order valence-electron chi connectivity index (χ2n) is 6.45. The third-order valence-corrected chi connectivity index (χ3v) is 4.97. The average Bonchev–Trinajstić information content (AvgIpc) is 2.98. The van der Waals surface area contributed by atoms with Crippen LogP contribution in [0.25, 0.3) is 0 Å². The van der Waals surface area contributed by atoms with Gasteiger partial charge in [-0.05, 0) is 20.3 Å². The van der Waals surface area contributed by atoms with Gasteiger partial charge in [0.1, 0.15) is 6.33 Å². The summed E-state index contributed by atoms with van der Waals surface area (Å²) in [7, 11) is 3.65. The Balaban J connectivity index is 1.99. The first-order valence-electron chi connectivity index (χ1n) is 8.36. The second-order valence-corrected chi connectivity index (χ2v) is 6.45. The molecule has 1 aliphatic rings. The van der Waals surface area contributed by atoms with Crippen molar-refractivity contribution in [2.24, 2.45) is 7.05 Å². The van der Waals surface area contributed by atoms with E-state index in [1.54, 1.807) is 16.6 Å². The molecule has 1 amide bonds. The minimum absolute atomic E-state index is 0.00957. The summed E-state index contributed by atoms with van der Waals surface area (Å²) in [6.07, 6.45) is 2.11. The molecule has 25 heavy (non-hydrogen) atoms.